The van der Waals surface area contributed by atoms with Gasteiger partial charge in [-0.25, -0.2) is 9.18 Å². The lowest BCUT2D eigenvalue weighted by Gasteiger charge is -2.36. The zero-order valence-electron chi connectivity index (χ0n) is 17.0. The molecule has 1 N–H and O–H groups in total. The van der Waals surface area contributed by atoms with Gasteiger partial charge in [0.1, 0.15) is 5.82 Å². The smallest absolute Gasteiger partial charge is 0.336 e. The number of benzene rings is 1. The molecule has 0 fully saturated rings. The molecule has 4 rings (SSSR count). The van der Waals surface area contributed by atoms with E-state index in [1.807, 2.05) is 24.4 Å². The van der Waals surface area contributed by atoms with Crippen molar-refractivity contribution in [3.8, 4) is 0 Å². The first-order chi connectivity index (χ1) is 14.5. The van der Waals surface area contributed by atoms with Crippen LogP contribution in [0, 0.1) is 5.82 Å². The summed E-state index contributed by atoms with van der Waals surface area (Å²) in [6.07, 6.45) is 1.69. The van der Waals surface area contributed by atoms with Crippen molar-refractivity contribution in [1.82, 2.24) is 5.32 Å². The molecule has 2 atom stereocenters. The highest BCUT2D eigenvalue weighted by molar-refractivity contribution is 7.10. The molecule has 1 aromatic carbocycles. The van der Waals surface area contributed by atoms with Crippen LogP contribution in [0.1, 0.15) is 55.4 Å². The van der Waals surface area contributed by atoms with Crippen LogP contribution in [0.4, 0.5) is 4.39 Å². The molecule has 0 saturated heterocycles. The van der Waals surface area contributed by atoms with Gasteiger partial charge in [-0.2, -0.15) is 0 Å². The Labute approximate surface area is 179 Å². The number of carbonyl (C=O) groups excluding carboxylic acids is 2. The Morgan fingerprint density at radius 2 is 2.03 bits per heavy atom. The largest absolute Gasteiger partial charge is 0.462 e. The number of ketones is 1. The number of allylic oxidation sites excluding steroid dienone is 3. The zero-order valence-corrected chi connectivity index (χ0v) is 17.9. The summed E-state index contributed by atoms with van der Waals surface area (Å²) in [5, 5.41) is 5.29. The fraction of sp³-hybridized carbons (Fsp3) is 0.333. The lowest BCUT2D eigenvalue weighted by molar-refractivity contribution is -0.139. The molecule has 1 aliphatic heterocycles. The highest BCUT2D eigenvalue weighted by Gasteiger charge is 2.42. The molecule has 2 aliphatic rings. The quantitative estimate of drug-likeness (QED) is 0.669. The normalized spacial score (nSPS) is 21.4. The van der Waals surface area contributed by atoms with Crippen molar-refractivity contribution >= 4 is 23.1 Å². The molecule has 0 radical (unpaired) electrons. The molecule has 30 heavy (non-hydrogen) atoms. The standard InChI is InChI=1S/C24H24FNO3S/c1-3-10-29-24(28)21-14(2)26-18-12-15(20-9-6-11-30-20)13-19(27)23(18)22(21)16-7-4-5-8-17(16)25/h4-9,11,15,22,26H,3,10,12-13H2,1-2H3. The van der Waals surface area contributed by atoms with E-state index in [2.05, 4.69) is 5.32 Å². The highest BCUT2D eigenvalue weighted by atomic mass is 32.1. The summed E-state index contributed by atoms with van der Waals surface area (Å²) >= 11 is 1.64. The predicted octanol–water partition coefficient (Wildman–Crippen LogP) is 5.20. The first kappa shape index (κ1) is 20.5. The average molecular weight is 426 g/mol. The zero-order chi connectivity index (χ0) is 21.3. The van der Waals surface area contributed by atoms with Crippen LogP contribution in [0.3, 0.4) is 0 Å². The molecule has 4 nitrogen and oxygen atoms in total. The van der Waals surface area contributed by atoms with Gasteiger partial charge in [0.25, 0.3) is 0 Å². The van der Waals surface area contributed by atoms with Gasteiger partial charge >= 0.3 is 5.97 Å². The lowest BCUT2D eigenvalue weighted by atomic mass is 9.72. The van der Waals surface area contributed by atoms with Gasteiger partial charge < -0.3 is 10.1 Å². The molecule has 2 unspecified atom stereocenters. The van der Waals surface area contributed by atoms with Crippen molar-refractivity contribution in [2.24, 2.45) is 0 Å². The summed E-state index contributed by atoms with van der Waals surface area (Å²) in [5.74, 6) is -1.66. The second-order valence-electron chi connectivity index (χ2n) is 7.69. The van der Waals surface area contributed by atoms with Crippen LogP contribution >= 0.6 is 11.3 Å². The average Bonchev–Trinajstić information content (AvgIpc) is 3.26. The van der Waals surface area contributed by atoms with E-state index < -0.39 is 17.7 Å². The SMILES string of the molecule is CCCOC(=O)C1=C(C)NC2=C(C(=O)CC(c3cccs3)C2)C1c1ccccc1F. The predicted molar refractivity (Wildman–Crippen MR) is 115 cm³/mol. The first-order valence-electron chi connectivity index (χ1n) is 10.2. The molecule has 156 valence electrons. The molecule has 0 bridgehead atoms. The Morgan fingerprint density at radius 1 is 1.23 bits per heavy atom. The maximum absolute atomic E-state index is 14.8. The van der Waals surface area contributed by atoms with Gasteiger partial charge in [0.05, 0.1) is 18.1 Å². The minimum Gasteiger partial charge on any atom is -0.462 e. The monoisotopic (exact) mass is 425 g/mol. The molecule has 0 spiro atoms. The minimum absolute atomic E-state index is 0.0521. The van der Waals surface area contributed by atoms with E-state index in [1.54, 1.807) is 36.5 Å². The topological polar surface area (TPSA) is 55.4 Å². The number of halogens is 1. The van der Waals surface area contributed by atoms with Crippen molar-refractivity contribution in [2.45, 2.75) is 44.9 Å². The minimum atomic E-state index is -0.761. The van der Waals surface area contributed by atoms with E-state index in [-0.39, 0.29) is 18.3 Å². The summed E-state index contributed by atoms with van der Waals surface area (Å²) in [7, 11) is 0. The second-order valence-corrected chi connectivity index (χ2v) is 8.67. The molecule has 0 saturated carbocycles. The van der Waals surface area contributed by atoms with Crippen molar-refractivity contribution < 1.29 is 18.7 Å². The maximum Gasteiger partial charge on any atom is 0.336 e. The van der Waals surface area contributed by atoms with Crippen molar-refractivity contribution in [3.05, 3.63) is 80.6 Å². The van der Waals surface area contributed by atoms with Gasteiger partial charge in [-0.05, 0) is 37.3 Å². The number of rotatable bonds is 5. The summed E-state index contributed by atoms with van der Waals surface area (Å²) in [6.45, 7) is 3.98. The number of hydrogen-bond donors (Lipinski definition) is 1. The van der Waals surface area contributed by atoms with Crippen LogP contribution in [0.2, 0.25) is 0 Å². The number of nitrogens with one attached hydrogen (secondary N) is 1. The molecule has 0 amide bonds. The summed E-state index contributed by atoms with van der Waals surface area (Å²) in [5.41, 5.74) is 2.53. The summed E-state index contributed by atoms with van der Waals surface area (Å²) < 4.78 is 20.2. The third-order valence-corrected chi connectivity index (χ3v) is 6.68. The highest BCUT2D eigenvalue weighted by Crippen LogP contribution is 2.46. The van der Waals surface area contributed by atoms with E-state index in [1.165, 1.54) is 6.07 Å². The second kappa shape index (κ2) is 8.56. The molecule has 6 heteroatoms. The fourth-order valence-corrected chi connectivity index (χ4v) is 5.16. The number of dihydropyridines is 1. The van der Waals surface area contributed by atoms with Crippen LogP contribution in [0.5, 0.6) is 0 Å². The fourth-order valence-electron chi connectivity index (χ4n) is 4.33. The number of ether oxygens (including phenoxy) is 1. The van der Waals surface area contributed by atoms with E-state index in [4.69, 9.17) is 4.74 Å². The van der Waals surface area contributed by atoms with Gasteiger partial charge in [0, 0.05) is 39.7 Å². The van der Waals surface area contributed by atoms with Crippen LogP contribution in [-0.2, 0) is 14.3 Å². The molecule has 1 aliphatic carbocycles. The van der Waals surface area contributed by atoms with Crippen molar-refractivity contribution in [1.29, 1.82) is 0 Å². The number of Topliss-reactive ketones (excluding diaryl/α,β-unsaturated/α-hetero) is 1. The number of hydrogen-bond acceptors (Lipinski definition) is 5. The number of esters is 1. The molecular weight excluding hydrogens is 401 g/mol. The van der Waals surface area contributed by atoms with Crippen molar-refractivity contribution in [3.63, 3.8) is 0 Å². The first-order valence-corrected chi connectivity index (χ1v) is 11.1. The Morgan fingerprint density at radius 3 is 2.73 bits per heavy atom. The van der Waals surface area contributed by atoms with E-state index in [0.29, 0.717) is 41.7 Å². The Hall–Kier alpha value is -2.73. The Kier molecular flexibility index (Phi) is 5.86. The third kappa shape index (κ3) is 3.72. The van der Waals surface area contributed by atoms with Gasteiger partial charge in [0.2, 0.25) is 0 Å². The van der Waals surface area contributed by atoms with Crippen LogP contribution < -0.4 is 5.32 Å². The maximum atomic E-state index is 14.8. The number of thiophene rings is 1. The molecule has 2 heterocycles. The van der Waals surface area contributed by atoms with Gasteiger partial charge in [-0.3, -0.25) is 4.79 Å². The molecule has 2 aromatic rings. The van der Waals surface area contributed by atoms with Crippen LogP contribution in [0.25, 0.3) is 0 Å². The summed E-state index contributed by atoms with van der Waals surface area (Å²) in [4.78, 5) is 27.4. The number of carbonyl (C=O) groups is 2. The van der Waals surface area contributed by atoms with E-state index in [9.17, 15) is 14.0 Å². The molecule has 1 aromatic heterocycles. The van der Waals surface area contributed by atoms with Crippen LogP contribution in [-0.4, -0.2) is 18.4 Å². The lowest BCUT2D eigenvalue weighted by Crippen LogP contribution is -2.36. The third-order valence-electron chi connectivity index (χ3n) is 5.65. The van der Waals surface area contributed by atoms with Gasteiger partial charge in [-0.15, -0.1) is 11.3 Å². The van der Waals surface area contributed by atoms with Crippen molar-refractivity contribution in [2.75, 3.05) is 6.61 Å². The van der Waals surface area contributed by atoms with E-state index in [0.717, 1.165) is 10.6 Å². The Balaban J connectivity index is 1.81. The Bertz CT molecular complexity index is 1040. The van der Waals surface area contributed by atoms with Gasteiger partial charge in [-0.1, -0.05) is 31.2 Å². The van der Waals surface area contributed by atoms with Gasteiger partial charge in [0.15, 0.2) is 5.78 Å². The van der Waals surface area contributed by atoms with E-state index >= 15 is 0 Å². The molecular formula is C24H24FNO3S. The van der Waals surface area contributed by atoms with Crippen LogP contribution in [0.15, 0.2) is 64.3 Å². The summed E-state index contributed by atoms with van der Waals surface area (Å²) in [6, 6.07) is 10.4.